The van der Waals surface area contributed by atoms with Crippen molar-refractivity contribution >= 4 is 62.7 Å². The lowest BCUT2D eigenvalue weighted by molar-refractivity contribution is -0.134. The van der Waals surface area contributed by atoms with Gasteiger partial charge >= 0.3 is 0 Å². The number of fused-ring (bicyclic) bond motifs is 1. The fourth-order valence-electron chi connectivity index (χ4n) is 7.45. The van der Waals surface area contributed by atoms with E-state index >= 15 is 4.39 Å². The Morgan fingerprint density at radius 1 is 1.12 bits per heavy atom. The molecule has 2 saturated heterocycles. The Morgan fingerprint density at radius 3 is 2.65 bits per heavy atom. The molecule has 3 fully saturated rings. The molecule has 1 saturated carbocycles. The summed E-state index contributed by atoms with van der Waals surface area (Å²) in [5.41, 5.74) is 0.752. The molecular formula is C36H42ClFN4O5S. The number of nitrogens with zero attached hydrogens (tertiary/aromatic N) is 3. The standard InChI is InChI=1S/C36H42ClFN4O5S/c1-40(2)36(46)32-7-5-13-41(32)24-16-25(20-47-26-11-9-22(19-43)10-12-26)42(18-24)34(44)15-23-14-29(37)31(17-30(23)38)39-35(45)28-21-48-33-8-4-3-6-27(28)33/h3-4,6,8,14,17,19,21-22,24-26,32H,5,7,9-13,15-16,18,20H2,1-2H3,(H,39,45)/t22?,24-,25-,26?,32-/m0/s1. The first-order valence-corrected chi connectivity index (χ1v) is 18.0. The van der Waals surface area contributed by atoms with E-state index in [2.05, 4.69) is 10.2 Å². The molecule has 6 rings (SSSR count). The maximum absolute atomic E-state index is 15.5. The molecule has 0 radical (unpaired) electrons. The van der Waals surface area contributed by atoms with Gasteiger partial charge in [0.1, 0.15) is 12.1 Å². The summed E-state index contributed by atoms with van der Waals surface area (Å²) in [6, 6.07) is 9.64. The highest BCUT2D eigenvalue weighted by atomic mass is 35.5. The number of carbonyl (C=O) groups excluding carboxylic acids is 4. The van der Waals surface area contributed by atoms with E-state index in [-0.39, 0.29) is 64.7 Å². The number of ether oxygens (including phenoxy) is 1. The molecule has 2 aliphatic heterocycles. The molecule has 0 spiro atoms. The van der Waals surface area contributed by atoms with Gasteiger partial charge in [-0.25, -0.2) is 4.39 Å². The zero-order valence-electron chi connectivity index (χ0n) is 27.3. The Labute approximate surface area is 289 Å². The van der Waals surface area contributed by atoms with E-state index in [4.69, 9.17) is 16.3 Å². The summed E-state index contributed by atoms with van der Waals surface area (Å²) in [6.07, 6.45) is 6.38. The number of hydrogen-bond acceptors (Lipinski definition) is 7. The molecule has 3 amide bonds. The predicted molar refractivity (Wildman–Crippen MR) is 185 cm³/mol. The quantitative estimate of drug-likeness (QED) is 0.270. The number of nitrogens with one attached hydrogen (secondary N) is 1. The van der Waals surface area contributed by atoms with E-state index in [0.717, 1.165) is 61.4 Å². The van der Waals surface area contributed by atoms with Gasteiger partial charge in [0.25, 0.3) is 5.91 Å². The Morgan fingerprint density at radius 2 is 1.90 bits per heavy atom. The maximum atomic E-state index is 15.5. The van der Waals surface area contributed by atoms with Crippen molar-refractivity contribution in [1.29, 1.82) is 0 Å². The largest absolute Gasteiger partial charge is 0.376 e. The molecule has 0 bridgehead atoms. The van der Waals surface area contributed by atoms with Gasteiger partial charge in [0.05, 0.1) is 47.5 Å². The van der Waals surface area contributed by atoms with Gasteiger partial charge in [-0.15, -0.1) is 11.3 Å². The van der Waals surface area contributed by atoms with E-state index in [1.807, 2.05) is 24.3 Å². The predicted octanol–water partition coefficient (Wildman–Crippen LogP) is 5.79. The molecule has 3 atom stereocenters. The molecule has 12 heteroatoms. The van der Waals surface area contributed by atoms with Crippen molar-refractivity contribution in [2.24, 2.45) is 5.92 Å². The van der Waals surface area contributed by atoms with Crippen LogP contribution in [0.4, 0.5) is 10.1 Å². The molecule has 2 aromatic carbocycles. The first kappa shape index (κ1) is 34.5. The SMILES string of the molecule is CN(C)C(=O)[C@@H]1CCCN1[C@H]1C[C@@H](COC2CCC(C=O)CC2)N(C(=O)Cc2cc(Cl)c(NC(=O)c3csc4ccccc34)cc2F)C1. The first-order valence-electron chi connectivity index (χ1n) is 16.7. The third-order valence-electron chi connectivity index (χ3n) is 10.1. The molecule has 48 heavy (non-hydrogen) atoms. The summed E-state index contributed by atoms with van der Waals surface area (Å²) in [7, 11) is 3.53. The Kier molecular flexibility index (Phi) is 10.8. The summed E-state index contributed by atoms with van der Waals surface area (Å²) in [5.74, 6) is -1.13. The summed E-state index contributed by atoms with van der Waals surface area (Å²) in [5, 5.41) is 5.44. The summed E-state index contributed by atoms with van der Waals surface area (Å²) < 4.78 is 22.8. The second-order valence-electron chi connectivity index (χ2n) is 13.4. The summed E-state index contributed by atoms with van der Waals surface area (Å²) in [6.45, 7) is 1.53. The van der Waals surface area contributed by atoms with Crippen LogP contribution in [0.3, 0.4) is 0 Å². The molecule has 3 heterocycles. The van der Waals surface area contributed by atoms with E-state index < -0.39 is 11.7 Å². The molecule has 1 aromatic heterocycles. The van der Waals surface area contributed by atoms with Crippen molar-refractivity contribution in [3.05, 3.63) is 63.7 Å². The molecule has 256 valence electrons. The Hall–Kier alpha value is -3.38. The molecule has 3 aliphatic rings. The fraction of sp³-hybridized carbons (Fsp3) is 0.500. The number of halogens is 2. The minimum atomic E-state index is -0.634. The monoisotopic (exact) mass is 696 g/mol. The van der Waals surface area contributed by atoms with Crippen molar-refractivity contribution < 1.29 is 28.3 Å². The lowest BCUT2D eigenvalue weighted by Crippen LogP contribution is -2.48. The summed E-state index contributed by atoms with van der Waals surface area (Å²) >= 11 is 8.00. The van der Waals surface area contributed by atoms with Crippen LogP contribution in [0.1, 0.15) is 60.9 Å². The van der Waals surface area contributed by atoms with Crippen LogP contribution in [-0.4, -0.2) is 96.7 Å². The molecule has 3 aromatic rings. The van der Waals surface area contributed by atoms with Gasteiger partial charge < -0.3 is 24.6 Å². The molecular weight excluding hydrogens is 655 g/mol. The minimum Gasteiger partial charge on any atom is -0.376 e. The van der Waals surface area contributed by atoms with Crippen molar-refractivity contribution in [3.63, 3.8) is 0 Å². The summed E-state index contributed by atoms with van der Waals surface area (Å²) in [4.78, 5) is 56.8. The lowest BCUT2D eigenvalue weighted by atomic mass is 9.88. The number of benzene rings is 2. The van der Waals surface area contributed by atoms with E-state index in [1.54, 1.807) is 29.3 Å². The lowest BCUT2D eigenvalue weighted by Gasteiger charge is -2.31. The normalized spacial score (nSPS) is 24.6. The Balaban J connectivity index is 1.16. The van der Waals surface area contributed by atoms with Crippen LogP contribution >= 0.6 is 22.9 Å². The van der Waals surface area contributed by atoms with Crippen LogP contribution in [0.25, 0.3) is 10.1 Å². The van der Waals surface area contributed by atoms with Crippen molar-refractivity contribution in [3.8, 4) is 0 Å². The third kappa shape index (κ3) is 7.44. The molecule has 1 N–H and O–H groups in total. The number of aldehydes is 1. The van der Waals surface area contributed by atoms with Crippen LogP contribution in [0.15, 0.2) is 41.8 Å². The minimum absolute atomic E-state index is 0.0241. The molecule has 1 aliphatic carbocycles. The van der Waals surface area contributed by atoms with Crippen LogP contribution < -0.4 is 5.32 Å². The van der Waals surface area contributed by atoms with Crippen LogP contribution in [0, 0.1) is 11.7 Å². The van der Waals surface area contributed by atoms with Crippen LogP contribution in [0.5, 0.6) is 0 Å². The zero-order valence-corrected chi connectivity index (χ0v) is 28.9. The Bertz CT molecular complexity index is 1670. The number of likely N-dealkylation sites (N-methyl/N-ethyl adjacent to an activating group) is 1. The van der Waals surface area contributed by atoms with Gasteiger partial charge in [0, 0.05) is 48.1 Å². The first-order chi connectivity index (χ1) is 23.1. The number of rotatable bonds is 10. The van der Waals surface area contributed by atoms with Gasteiger partial charge in [0.15, 0.2) is 0 Å². The zero-order chi connectivity index (χ0) is 33.9. The van der Waals surface area contributed by atoms with Crippen molar-refractivity contribution in [2.45, 2.75) is 75.6 Å². The molecule has 9 nitrogen and oxygen atoms in total. The number of anilines is 1. The van der Waals surface area contributed by atoms with Gasteiger partial charge in [-0.2, -0.15) is 0 Å². The van der Waals surface area contributed by atoms with Gasteiger partial charge in [0.2, 0.25) is 11.8 Å². The third-order valence-corrected chi connectivity index (χ3v) is 11.4. The van der Waals surface area contributed by atoms with Crippen LogP contribution in [0.2, 0.25) is 5.02 Å². The average Bonchev–Trinajstić information content (AvgIpc) is 3.84. The van der Waals surface area contributed by atoms with Gasteiger partial charge in [-0.3, -0.25) is 19.3 Å². The van der Waals surface area contributed by atoms with Crippen LogP contribution in [-0.2, 0) is 25.5 Å². The second-order valence-corrected chi connectivity index (χ2v) is 14.7. The highest BCUT2D eigenvalue weighted by Crippen LogP contribution is 2.33. The number of carbonyl (C=O) groups is 4. The maximum Gasteiger partial charge on any atom is 0.257 e. The van der Waals surface area contributed by atoms with E-state index in [0.29, 0.717) is 25.1 Å². The van der Waals surface area contributed by atoms with E-state index in [9.17, 15) is 19.2 Å². The number of amides is 3. The highest BCUT2D eigenvalue weighted by Gasteiger charge is 2.44. The van der Waals surface area contributed by atoms with Crippen molar-refractivity contribution in [2.75, 3.05) is 39.1 Å². The van der Waals surface area contributed by atoms with E-state index in [1.165, 1.54) is 23.5 Å². The smallest absolute Gasteiger partial charge is 0.257 e. The van der Waals surface area contributed by atoms with Crippen molar-refractivity contribution in [1.82, 2.24) is 14.7 Å². The topological polar surface area (TPSA) is 99.3 Å². The second kappa shape index (κ2) is 15.0. The average molecular weight is 697 g/mol. The van der Waals surface area contributed by atoms with Gasteiger partial charge in [-0.05, 0) is 75.3 Å². The number of likely N-dealkylation sites (tertiary alicyclic amines) is 2. The highest BCUT2D eigenvalue weighted by molar-refractivity contribution is 7.17. The number of hydrogen-bond donors (Lipinski definition) is 1. The van der Waals surface area contributed by atoms with Gasteiger partial charge in [-0.1, -0.05) is 29.8 Å². The number of thiophene rings is 1. The molecule has 0 unspecified atom stereocenters. The fourth-order valence-corrected chi connectivity index (χ4v) is 8.62.